The van der Waals surface area contributed by atoms with E-state index in [9.17, 15) is 12.8 Å². The Hall–Kier alpha value is -0.650. The third kappa shape index (κ3) is 3.68. The van der Waals surface area contributed by atoms with Crippen LogP contribution in [0.1, 0.15) is 25.0 Å². The van der Waals surface area contributed by atoms with Gasteiger partial charge in [-0.1, -0.05) is 13.8 Å². The average molecular weight is 308 g/mol. The normalized spacial score (nSPS) is 12.4. The summed E-state index contributed by atoms with van der Waals surface area (Å²) in [6.07, 6.45) is 0. The molecule has 3 nitrogen and oxygen atoms in total. The standard InChI is InChI=1S/C13H19ClFNO2S/c1-9(2)8-16(4)19(17,18)12-5-10(3)13(15)11(6-12)7-14/h5-6,9H,7-8H2,1-4H3. The topological polar surface area (TPSA) is 37.4 Å². The molecule has 0 spiro atoms. The van der Waals surface area contributed by atoms with E-state index in [2.05, 4.69) is 0 Å². The molecule has 0 aliphatic heterocycles. The third-order valence-corrected chi connectivity index (χ3v) is 4.87. The molecule has 0 amide bonds. The van der Waals surface area contributed by atoms with Crippen LogP contribution in [0.4, 0.5) is 4.39 Å². The Labute approximate surface area is 119 Å². The van der Waals surface area contributed by atoms with E-state index in [1.165, 1.54) is 30.4 Å². The predicted octanol–water partition coefficient (Wildman–Crippen LogP) is 3.15. The highest BCUT2D eigenvalue weighted by atomic mass is 35.5. The van der Waals surface area contributed by atoms with Crippen molar-refractivity contribution >= 4 is 21.6 Å². The molecule has 1 rings (SSSR count). The summed E-state index contributed by atoms with van der Waals surface area (Å²) >= 11 is 5.64. The Kier molecular flexibility index (Phi) is 5.35. The molecule has 0 fully saturated rings. The van der Waals surface area contributed by atoms with Crippen molar-refractivity contribution < 1.29 is 12.8 Å². The van der Waals surface area contributed by atoms with E-state index < -0.39 is 15.8 Å². The van der Waals surface area contributed by atoms with E-state index in [0.717, 1.165) is 0 Å². The van der Waals surface area contributed by atoms with Gasteiger partial charge in [0.2, 0.25) is 10.0 Å². The lowest BCUT2D eigenvalue weighted by Crippen LogP contribution is -2.30. The molecular formula is C13H19ClFNO2S. The van der Waals surface area contributed by atoms with Crippen LogP contribution in [0.5, 0.6) is 0 Å². The molecule has 0 heterocycles. The van der Waals surface area contributed by atoms with Crippen LogP contribution in [-0.4, -0.2) is 26.3 Å². The summed E-state index contributed by atoms with van der Waals surface area (Å²) in [6.45, 7) is 5.82. The van der Waals surface area contributed by atoms with Gasteiger partial charge in [-0.25, -0.2) is 17.1 Å². The molecule has 0 aliphatic rings. The molecular weight excluding hydrogens is 289 g/mol. The van der Waals surface area contributed by atoms with Crippen molar-refractivity contribution in [2.75, 3.05) is 13.6 Å². The van der Waals surface area contributed by atoms with Crippen molar-refractivity contribution in [2.24, 2.45) is 5.92 Å². The number of aryl methyl sites for hydroxylation is 1. The maximum absolute atomic E-state index is 13.7. The quantitative estimate of drug-likeness (QED) is 0.784. The number of hydrogen-bond acceptors (Lipinski definition) is 2. The predicted molar refractivity (Wildman–Crippen MR) is 75.3 cm³/mol. The van der Waals surface area contributed by atoms with Gasteiger partial charge in [0, 0.05) is 19.2 Å². The summed E-state index contributed by atoms with van der Waals surface area (Å²) in [5.74, 6) is -0.279. The summed E-state index contributed by atoms with van der Waals surface area (Å²) in [6, 6.07) is 2.65. The first-order valence-corrected chi connectivity index (χ1v) is 7.99. The van der Waals surface area contributed by atoms with E-state index in [1.807, 2.05) is 13.8 Å². The monoisotopic (exact) mass is 307 g/mol. The Morgan fingerprint density at radius 1 is 1.37 bits per heavy atom. The van der Waals surface area contributed by atoms with Crippen molar-refractivity contribution in [3.05, 3.63) is 29.1 Å². The van der Waals surface area contributed by atoms with Gasteiger partial charge in [-0.3, -0.25) is 0 Å². The van der Waals surface area contributed by atoms with Crippen LogP contribution in [0.3, 0.4) is 0 Å². The summed E-state index contributed by atoms with van der Waals surface area (Å²) in [4.78, 5) is 0.0881. The molecule has 108 valence electrons. The first-order chi connectivity index (χ1) is 8.70. The van der Waals surface area contributed by atoms with E-state index in [1.54, 1.807) is 0 Å². The number of sulfonamides is 1. The molecule has 0 atom stereocenters. The van der Waals surface area contributed by atoms with Crippen LogP contribution in [0.2, 0.25) is 0 Å². The van der Waals surface area contributed by atoms with Gasteiger partial charge in [0.05, 0.1) is 10.8 Å². The van der Waals surface area contributed by atoms with Gasteiger partial charge < -0.3 is 0 Å². The van der Waals surface area contributed by atoms with Crippen LogP contribution in [-0.2, 0) is 15.9 Å². The molecule has 0 saturated carbocycles. The fourth-order valence-electron chi connectivity index (χ4n) is 1.85. The van der Waals surface area contributed by atoms with Gasteiger partial charge >= 0.3 is 0 Å². The lowest BCUT2D eigenvalue weighted by Gasteiger charge is -2.20. The van der Waals surface area contributed by atoms with Crippen LogP contribution in [0.25, 0.3) is 0 Å². The van der Waals surface area contributed by atoms with E-state index in [-0.39, 0.29) is 27.8 Å². The Balaban J connectivity index is 3.26. The smallest absolute Gasteiger partial charge is 0.207 e. The van der Waals surface area contributed by atoms with Crippen LogP contribution >= 0.6 is 11.6 Å². The second kappa shape index (κ2) is 6.20. The molecule has 0 N–H and O–H groups in total. The lowest BCUT2D eigenvalue weighted by molar-refractivity contribution is 0.417. The van der Waals surface area contributed by atoms with Gasteiger partial charge in [-0.15, -0.1) is 11.6 Å². The maximum Gasteiger partial charge on any atom is 0.242 e. The van der Waals surface area contributed by atoms with E-state index in [4.69, 9.17) is 11.6 Å². The zero-order chi connectivity index (χ0) is 14.8. The third-order valence-electron chi connectivity index (χ3n) is 2.78. The lowest BCUT2D eigenvalue weighted by atomic mass is 10.1. The number of halogens is 2. The molecule has 0 saturated heterocycles. The number of hydrogen-bond donors (Lipinski definition) is 0. The zero-order valence-electron chi connectivity index (χ0n) is 11.6. The molecule has 0 radical (unpaired) electrons. The minimum Gasteiger partial charge on any atom is -0.207 e. The van der Waals surface area contributed by atoms with Gasteiger partial charge in [-0.05, 0) is 30.5 Å². The Morgan fingerprint density at radius 2 is 1.95 bits per heavy atom. The molecule has 0 bridgehead atoms. The summed E-state index contributed by atoms with van der Waals surface area (Å²) < 4.78 is 39.7. The van der Waals surface area contributed by atoms with Crippen LogP contribution in [0.15, 0.2) is 17.0 Å². The zero-order valence-corrected chi connectivity index (χ0v) is 13.1. The Morgan fingerprint density at radius 3 is 2.42 bits per heavy atom. The molecule has 6 heteroatoms. The number of benzene rings is 1. The maximum atomic E-state index is 13.7. The number of rotatable bonds is 5. The molecule has 0 aliphatic carbocycles. The van der Waals surface area contributed by atoms with Gasteiger partial charge in [0.25, 0.3) is 0 Å². The van der Waals surface area contributed by atoms with Crippen molar-refractivity contribution in [1.82, 2.24) is 4.31 Å². The van der Waals surface area contributed by atoms with Crippen molar-refractivity contribution in [2.45, 2.75) is 31.5 Å². The van der Waals surface area contributed by atoms with Crippen molar-refractivity contribution in [1.29, 1.82) is 0 Å². The van der Waals surface area contributed by atoms with Crippen molar-refractivity contribution in [3.8, 4) is 0 Å². The molecule has 1 aromatic carbocycles. The number of nitrogens with zero attached hydrogens (tertiary/aromatic N) is 1. The SMILES string of the molecule is Cc1cc(S(=O)(=O)N(C)CC(C)C)cc(CCl)c1F. The fraction of sp³-hybridized carbons (Fsp3) is 0.538. The molecule has 1 aromatic rings. The van der Waals surface area contributed by atoms with Crippen LogP contribution in [0, 0.1) is 18.7 Å². The van der Waals surface area contributed by atoms with Crippen LogP contribution < -0.4 is 0 Å². The number of alkyl halides is 1. The highest BCUT2D eigenvalue weighted by Gasteiger charge is 2.23. The Bertz CT molecular complexity index is 558. The summed E-state index contributed by atoms with van der Waals surface area (Å²) in [5, 5.41) is 0. The van der Waals surface area contributed by atoms with Gasteiger partial charge in [-0.2, -0.15) is 0 Å². The van der Waals surface area contributed by atoms with E-state index in [0.29, 0.717) is 6.54 Å². The minimum absolute atomic E-state index is 0.0517. The first-order valence-electron chi connectivity index (χ1n) is 6.01. The molecule has 19 heavy (non-hydrogen) atoms. The molecule has 0 aromatic heterocycles. The fourth-order valence-corrected chi connectivity index (χ4v) is 3.51. The summed E-state index contributed by atoms with van der Waals surface area (Å²) in [5.41, 5.74) is 0.493. The van der Waals surface area contributed by atoms with E-state index >= 15 is 0 Å². The summed E-state index contributed by atoms with van der Waals surface area (Å²) in [7, 11) is -2.08. The average Bonchev–Trinajstić information content (AvgIpc) is 2.31. The highest BCUT2D eigenvalue weighted by molar-refractivity contribution is 7.89. The minimum atomic E-state index is -3.60. The highest BCUT2D eigenvalue weighted by Crippen LogP contribution is 2.23. The largest absolute Gasteiger partial charge is 0.242 e. The van der Waals surface area contributed by atoms with Crippen molar-refractivity contribution in [3.63, 3.8) is 0 Å². The van der Waals surface area contributed by atoms with Gasteiger partial charge in [0.15, 0.2) is 0 Å². The molecule has 0 unspecified atom stereocenters. The second-order valence-corrected chi connectivity index (χ2v) is 7.34. The first kappa shape index (κ1) is 16.4. The van der Waals surface area contributed by atoms with Gasteiger partial charge in [0.1, 0.15) is 5.82 Å². The second-order valence-electron chi connectivity index (χ2n) is 5.03.